The Morgan fingerprint density at radius 3 is 2.54 bits per heavy atom. The number of nitrogens with one attached hydrogen (secondary N) is 1. The monoisotopic (exact) mass is 343 g/mol. The van der Waals surface area contributed by atoms with Gasteiger partial charge < -0.3 is 10.5 Å². The van der Waals surface area contributed by atoms with Gasteiger partial charge in [-0.2, -0.15) is 5.26 Å². The first kappa shape index (κ1) is 17.8. The predicted octanol–water partition coefficient (Wildman–Crippen LogP) is 2.80. The summed E-state index contributed by atoms with van der Waals surface area (Å²) in [5.74, 6) is 0.0899. The van der Waals surface area contributed by atoms with Crippen molar-refractivity contribution in [2.45, 2.75) is 19.1 Å². The highest BCUT2D eigenvalue weighted by Crippen LogP contribution is 2.24. The third-order valence-corrected chi connectivity index (χ3v) is 3.74. The van der Waals surface area contributed by atoms with Gasteiger partial charge in [-0.15, -0.1) is 0 Å². The summed E-state index contributed by atoms with van der Waals surface area (Å²) in [5, 5.41) is 12.4. The molecule has 2 rings (SSSR count). The van der Waals surface area contributed by atoms with Gasteiger partial charge in [-0.25, -0.2) is 0 Å². The number of nitriles is 1. The van der Waals surface area contributed by atoms with Crippen molar-refractivity contribution >= 4 is 17.5 Å². The van der Waals surface area contributed by atoms with E-state index >= 15 is 0 Å². The molecule has 1 amide bonds. The highest BCUT2D eigenvalue weighted by molar-refractivity contribution is 6.32. The Morgan fingerprint density at radius 2 is 1.96 bits per heavy atom. The molecule has 0 aliphatic rings. The van der Waals surface area contributed by atoms with Gasteiger partial charge >= 0.3 is 0 Å². The normalized spacial score (nSPS) is 12.9. The third-order valence-electron chi connectivity index (χ3n) is 3.43. The minimum atomic E-state index is -0.657. The summed E-state index contributed by atoms with van der Waals surface area (Å²) in [6.45, 7) is 2.27. The van der Waals surface area contributed by atoms with Crippen LogP contribution in [0, 0.1) is 11.3 Å². The van der Waals surface area contributed by atoms with E-state index in [1.807, 2.05) is 25.1 Å². The van der Waals surface area contributed by atoms with Crippen LogP contribution in [0.2, 0.25) is 5.02 Å². The molecule has 0 aromatic heterocycles. The van der Waals surface area contributed by atoms with Crippen molar-refractivity contribution < 1.29 is 9.53 Å². The van der Waals surface area contributed by atoms with E-state index in [2.05, 4.69) is 5.32 Å². The molecule has 124 valence electrons. The van der Waals surface area contributed by atoms with Crippen LogP contribution in [0.25, 0.3) is 0 Å². The van der Waals surface area contributed by atoms with Crippen molar-refractivity contribution in [3.05, 3.63) is 64.7 Å². The number of carbonyl (C=O) groups excluding carboxylic acids is 1. The number of nitrogens with two attached hydrogens (primary N) is 1. The number of amides is 1. The van der Waals surface area contributed by atoms with Crippen LogP contribution in [0.1, 0.15) is 24.1 Å². The Balaban J connectivity index is 1.99. The van der Waals surface area contributed by atoms with E-state index in [1.54, 1.807) is 36.4 Å². The molecule has 0 spiro atoms. The second-order valence-electron chi connectivity index (χ2n) is 5.34. The molecule has 6 heteroatoms. The molecule has 2 atom stereocenters. The lowest BCUT2D eigenvalue weighted by atomic mass is 10.0. The van der Waals surface area contributed by atoms with Gasteiger partial charge in [-0.1, -0.05) is 35.9 Å². The molecule has 0 radical (unpaired) electrons. The number of para-hydroxylation sites is 1. The van der Waals surface area contributed by atoms with E-state index in [9.17, 15) is 4.79 Å². The summed E-state index contributed by atoms with van der Waals surface area (Å²) in [6.07, 6.45) is -0.217. The van der Waals surface area contributed by atoms with Crippen LogP contribution in [0.15, 0.2) is 48.5 Å². The molecule has 0 unspecified atom stereocenters. The second kappa shape index (κ2) is 8.34. The summed E-state index contributed by atoms with van der Waals surface area (Å²) in [4.78, 5) is 11.7. The van der Waals surface area contributed by atoms with Gasteiger partial charge in [-0.3, -0.25) is 10.1 Å². The van der Waals surface area contributed by atoms with Gasteiger partial charge in [0, 0.05) is 6.54 Å². The van der Waals surface area contributed by atoms with Crippen LogP contribution in [-0.4, -0.2) is 18.6 Å². The van der Waals surface area contributed by atoms with Crippen molar-refractivity contribution in [1.82, 2.24) is 5.32 Å². The summed E-state index contributed by atoms with van der Waals surface area (Å²) >= 11 is 6.06. The van der Waals surface area contributed by atoms with Gasteiger partial charge in [0.15, 0.2) is 0 Å². The Morgan fingerprint density at radius 1 is 1.29 bits per heavy atom. The van der Waals surface area contributed by atoms with Crippen LogP contribution in [0.3, 0.4) is 0 Å². The SMILES string of the molecule is C[C@@H](CN[C@@H](C(N)=O)c1ccc(C#N)cc1)Oc1ccccc1Cl. The fraction of sp³-hybridized carbons (Fsp3) is 0.222. The first-order valence-electron chi connectivity index (χ1n) is 7.45. The van der Waals surface area contributed by atoms with Crippen LogP contribution >= 0.6 is 11.6 Å². The number of nitrogens with zero attached hydrogens (tertiary/aromatic N) is 1. The third kappa shape index (κ3) is 4.72. The lowest BCUT2D eigenvalue weighted by Crippen LogP contribution is -2.38. The number of primary amides is 1. The molecule has 2 aromatic rings. The summed E-state index contributed by atoms with van der Waals surface area (Å²) in [7, 11) is 0. The lowest BCUT2D eigenvalue weighted by molar-refractivity contribution is -0.120. The Kier molecular flexibility index (Phi) is 6.19. The second-order valence-corrected chi connectivity index (χ2v) is 5.74. The van der Waals surface area contributed by atoms with Crippen LogP contribution in [0.5, 0.6) is 5.75 Å². The van der Waals surface area contributed by atoms with E-state index in [0.29, 0.717) is 28.4 Å². The van der Waals surface area contributed by atoms with Gasteiger partial charge in [0.25, 0.3) is 0 Å². The van der Waals surface area contributed by atoms with Gasteiger partial charge in [0.05, 0.1) is 16.7 Å². The largest absolute Gasteiger partial charge is 0.488 e. The zero-order chi connectivity index (χ0) is 17.5. The van der Waals surface area contributed by atoms with Gasteiger partial charge in [0.2, 0.25) is 5.91 Å². The predicted molar refractivity (Wildman–Crippen MR) is 92.6 cm³/mol. The van der Waals surface area contributed by atoms with Crippen molar-refractivity contribution in [2.75, 3.05) is 6.54 Å². The minimum Gasteiger partial charge on any atom is -0.488 e. The highest BCUT2D eigenvalue weighted by Gasteiger charge is 2.18. The average molecular weight is 344 g/mol. The molecule has 0 aliphatic carbocycles. The lowest BCUT2D eigenvalue weighted by Gasteiger charge is -2.20. The molecule has 0 heterocycles. The quantitative estimate of drug-likeness (QED) is 0.809. The van der Waals surface area contributed by atoms with E-state index in [4.69, 9.17) is 27.3 Å². The Labute approximate surface area is 146 Å². The number of ether oxygens (including phenoxy) is 1. The van der Waals surface area contributed by atoms with E-state index in [-0.39, 0.29) is 6.10 Å². The molecule has 2 aromatic carbocycles. The van der Waals surface area contributed by atoms with E-state index < -0.39 is 11.9 Å². The minimum absolute atomic E-state index is 0.217. The smallest absolute Gasteiger partial charge is 0.239 e. The fourth-order valence-electron chi connectivity index (χ4n) is 2.22. The molecule has 0 aliphatic heterocycles. The van der Waals surface area contributed by atoms with E-state index in [1.165, 1.54) is 0 Å². The zero-order valence-electron chi connectivity index (χ0n) is 13.2. The number of carbonyl (C=O) groups is 1. The molecular formula is C18H18ClN3O2. The molecule has 5 nitrogen and oxygen atoms in total. The van der Waals surface area contributed by atoms with Gasteiger partial charge in [-0.05, 0) is 36.8 Å². The van der Waals surface area contributed by atoms with Crippen molar-refractivity contribution in [3.8, 4) is 11.8 Å². The Bertz CT molecular complexity index is 741. The zero-order valence-corrected chi connectivity index (χ0v) is 14.0. The first-order chi connectivity index (χ1) is 11.5. The number of benzene rings is 2. The number of rotatable bonds is 7. The van der Waals surface area contributed by atoms with Crippen LogP contribution < -0.4 is 15.8 Å². The summed E-state index contributed by atoms with van der Waals surface area (Å²) in [5.41, 5.74) is 6.70. The molecule has 0 saturated heterocycles. The number of hydrogen-bond acceptors (Lipinski definition) is 4. The fourth-order valence-corrected chi connectivity index (χ4v) is 2.40. The number of halogens is 1. The van der Waals surface area contributed by atoms with Crippen LogP contribution in [0.4, 0.5) is 0 Å². The van der Waals surface area contributed by atoms with Gasteiger partial charge in [0.1, 0.15) is 17.9 Å². The molecular weight excluding hydrogens is 326 g/mol. The maximum Gasteiger partial charge on any atom is 0.239 e. The topological polar surface area (TPSA) is 88.1 Å². The molecule has 0 bridgehead atoms. The maximum absolute atomic E-state index is 11.7. The molecule has 3 N–H and O–H groups in total. The van der Waals surface area contributed by atoms with Crippen molar-refractivity contribution in [2.24, 2.45) is 5.73 Å². The first-order valence-corrected chi connectivity index (χ1v) is 7.83. The average Bonchev–Trinajstić information content (AvgIpc) is 2.57. The maximum atomic E-state index is 11.7. The van der Waals surface area contributed by atoms with E-state index in [0.717, 1.165) is 0 Å². The van der Waals surface area contributed by atoms with Crippen molar-refractivity contribution in [1.29, 1.82) is 5.26 Å². The highest BCUT2D eigenvalue weighted by atomic mass is 35.5. The molecule has 0 saturated carbocycles. The van der Waals surface area contributed by atoms with Crippen LogP contribution in [-0.2, 0) is 4.79 Å². The standard InChI is InChI=1S/C18H18ClN3O2/c1-12(24-16-5-3-2-4-15(16)19)11-22-17(18(21)23)14-8-6-13(10-20)7-9-14/h2-9,12,17,22H,11H2,1H3,(H2,21,23)/t12-,17+/m0/s1. The summed E-state index contributed by atoms with van der Waals surface area (Å²) < 4.78 is 5.76. The Hall–Kier alpha value is -2.55. The summed E-state index contributed by atoms with van der Waals surface area (Å²) in [6, 6.07) is 15.3. The van der Waals surface area contributed by atoms with Crippen molar-refractivity contribution in [3.63, 3.8) is 0 Å². The molecule has 0 fully saturated rings. The molecule has 24 heavy (non-hydrogen) atoms. The number of hydrogen-bond donors (Lipinski definition) is 2.